The average Bonchev–Trinajstić information content (AvgIpc) is 2.60. The van der Waals surface area contributed by atoms with E-state index in [0.717, 1.165) is 11.1 Å². The highest BCUT2D eigenvalue weighted by molar-refractivity contribution is 5.75. The van der Waals surface area contributed by atoms with E-state index in [9.17, 15) is 9.90 Å². The molecule has 2 N–H and O–H groups in total. The summed E-state index contributed by atoms with van der Waals surface area (Å²) >= 11 is 0. The van der Waals surface area contributed by atoms with Crippen molar-refractivity contribution in [3.63, 3.8) is 0 Å². The van der Waals surface area contributed by atoms with Gasteiger partial charge in [0.05, 0.1) is 5.60 Å². The smallest absolute Gasteiger partial charge is 0.219 e. The lowest BCUT2D eigenvalue weighted by molar-refractivity contribution is -0.121. The fourth-order valence-corrected chi connectivity index (χ4v) is 2.76. The van der Waals surface area contributed by atoms with Crippen LogP contribution < -0.4 is 5.32 Å². The Morgan fingerprint density at radius 1 is 1.09 bits per heavy atom. The highest BCUT2D eigenvalue weighted by Gasteiger charge is 2.35. The molecule has 23 heavy (non-hydrogen) atoms. The second-order valence-electron chi connectivity index (χ2n) is 6.01. The van der Waals surface area contributed by atoms with Crippen LogP contribution in [0.4, 0.5) is 0 Å². The molecule has 2 aromatic rings. The minimum absolute atomic E-state index is 0.00646. The van der Waals surface area contributed by atoms with Gasteiger partial charge in [0.15, 0.2) is 0 Å². The van der Waals surface area contributed by atoms with E-state index in [4.69, 9.17) is 0 Å². The number of hydrogen-bond acceptors (Lipinski definition) is 2. The van der Waals surface area contributed by atoms with Gasteiger partial charge in [-0.1, -0.05) is 74.5 Å². The Balaban J connectivity index is 2.25. The highest BCUT2D eigenvalue weighted by Crippen LogP contribution is 2.33. The minimum Gasteiger partial charge on any atom is -0.384 e. The number of rotatable bonds is 7. The number of carbonyl (C=O) groups excluding carboxylic acids is 1. The Hall–Kier alpha value is -2.13. The van der Waals surface area contributed by atoms with Crippen molar-refractivity contribution in [3.05, 3.63) is 71.8 Å². The summed E-state index contributed by atoms with van der Waals surface area (Å²) in [6.45, 7) is 4.25. The monoisotopic (exact) mass is 311 g/mol. The van der Waals surface area contributed by atoms with Gasteiger partial charge in [-0.3, -0.25) is 4.79 Å². The van der Waals surface area contributed by atoms with Gasteiger partial charge in [0.25, 0.3) is 0 Å². The third-order valence-corrected chi connectivity index (χ3v) is 4.33. The Kier molecular flexibility index (Phi) is 5.94. The Labute approximate surface area is 138 Å². The van der Waals surface area contributed by atoms with Gasteiger partial charge in [-0.05, 0) is 11.1 Å². The van der Waals surface area contributed by atoms with E-state index in [0.29, 0.717) is 19.4 Å². The topological polar surface area (TPSA) is 49.3 Å². The molecular formula is C20H25NO2. The summed E-state index contributed by atoms with van der Waals surface area (Å²) in [6, 6.07) is 19.7. The van der Waals surface area contributed by atoms with Crippen LogP contribution in [-0.4, -0.2) is 17.6 Å². The van der Waals surface area contributed by atoms with Gasteiger partial charge < -0.3 is 10.4 Å². The van der Waals surface area contributed by atoms with E-state index in [1.54, 1.807) is 0 Å². The number of aliphatic hydroxyl groups is 1. The second-order valence-corrected chi connectivity index (χ2v) is 6.01. The molecule has 0 radical (unpaired) electrons. The minimum atomic E-state index is -1.02. The average molecular weight is 311 g/mol. The van der Waals surface area contributed by atoms with Gasteiger partial charge in [-0.15, -0.1) is 0 Å². The van der Waals surface area contributed by atoms with Gasteiger partial charge >= 0.3 is 0 Å². The lowest BCUT2D eigenvalue weighted by Crippen LogP contribution is -2.42. The summed E-state index contributed by atoms with van der Waals surface area (Å²) in [5.74, 6) is -0.104. The van der Waals surface area contributed by atoms with Crippen molar-refractivity contribution >= 4 is 5.91 Å². The molecule has 0 saturated carbocycles. The first-order valence-corrected chi connectivity index (χ1v) is 8.14. The number of carbonyl (C=O) groups is 1. The third-order valence-electron chi connectivity index (χ3n) is 4.33. The Morgan fingerprint density at radius 2 is 1.65 bits per heavy atom. The molecule has 0 spiro atoms. The lowest BCUT2D eigenvalue weighted by Gasteiger charge is -2.35. The quantitative estimate of drug-likeness (QED) is 0.824. The van der Waals surface area contributed by atoms with Crippen molar-refractivity contribution in [3.8, 4) is 0 Å². The van der Waals surface area contributed by atoms with Crippen LogP contribution in [0.15, 0.2) is 60.7 Å². The molecule has 2 aromatic carbocycles. The third kappa shape index (κ3) is 4.42. The standard InChI is InChI=1S/C20H25NO2/c1-3-19(22)21-15-16(2)20(23,18-12-8-5-9-13-18)14-17-10-6-4-7-11-17/h4-13,16,23H,3,14-15H2,1-2H3,(H,21,22)/t16-,20+/m1/s1. The molecule has 122 valence electrons. The maximum Gasteiger partial charge on any atom is 0.219 e. The first kappa shape index (κ1) is 17.2. The van der Waals surface area contributed by atoms with E-state index in [2.05, 4.69) is 5.32 Å². The molecule has 3 nitrogen and oxygen atoms in total. The molecule has 0 saturated heterocycles. The lowest BCUT2D eigenvalue weighted by atomic mass is 9.77. The first-order valence-electron chi connectivity index (χ1n) is 8.14. The molecule has 0 aliphatic heterocycles. The van der Waals surface area contributed by atoms with Crippen LogP contribution in [0.25, 0.3) is 0 Å². The van der Waals surface area contributed by atoms with Crippen molar-refractivity contribution in [2.45, 2.75) is 32.3 Å². The molecule has 2 rings (SSSR count). The Bertz CT molecular complexity index is 612. The zero-order valence-corrected chi connectivity index (χ0v) is 13.8. The molecule has 0 fully saturated rings. The molecule has 0 heterocycles. The molecule has 2 atom stereocenters. The summed E-state index contributed by atoms with van der Waals surface area (Å²) in [7, 11) is 0. The van der Waals surface area contributed by atoms with E-state index in [-0.39, 0.29) is 11.8 Å². The van der Waals surface area contributed by atoms with Crippen LogP contribution in [0, 0.1) is 5.92 Å². The van der Waals surface area contributed by atoms with Crippen LogP contribution in [0.5, 0.6) is 0 Å². The van der Waals surface area contributed by atoms with E-state index in [1.165, 1.54) is 0 Å². The fraction of sp³-hybridized carbons (Fsp3) is 0.350. The maximum absolute atomic E-state index is 11.5. The van der Waals surface area contributed by atoms with E-state index in [1.807, 2.05) is 74.5 Å². The second kappa shape index (κ2) is 7.93. The van der Waals surface area contributed by atoms with Gasteiger partial charge in [0.2, 0.25) is 5.91 Å². The van der Waals surface area contributed by atoms with Crippen LogP contribution in [-0.2, 0) is 16.8 Å². The zero-order chi connectivity index (χ0) is 16.7. The van der Waals surface area contributed by atoms with E-state index >= 15 is 0 Å². The van der Waals surface area contributed by atoms with Gasteiger partial charge in [0.1, 0.15) is 0 Å². The summed E-state index contributed by atoms with van der Waals surface area (Å²) in [5.41, 5.74) is 0.929. The number of hydrogen-bond donors (Lipinski definition) is 2. The number of nitrogens with one attached hydrogen (secondary N) is 1. The SMILES string of the molecule is CCC(=O)NC[C@@H](C)[C@@](O)(Cc1ccccc1)c1ccccc1. The number of benzene rings is 2. The predicted molar refractivity (Wildman–Crippen MR) is 92.9 cm³/mol. The van der Waals surface area contributed by atoms with Crippen LogP contribution >= 0.6 is 0 Å². The van der Waals surface area contributed by atoms with Crippen molar-refractivity contribution in [2.75, 3.05) is 6.54 Å². The zero-order valence-electron chi connectivity index (χ0n) is 13.8. The Morgan fingerprint density at radius 3 is 2.22 bits per heavy atom. The van der Waals surface area contributed by atoms with Crippen LogP contribution in [0.2, 0.25) is 0 Å². The largest absolute Gasteiger partial charge is 0.384 e. The van der Waals surface area contributed by atoms with Gasteiger partial charge in [-0.25, -0.2) is 0 Å². The van der Waals surface area contributed by atoms with Crippen molar-refractivity contribution in [2.24, 2.45) is 5.92 Å². The molecule has 0 aromatic heterocycles. The van der Waals surface area contributed by atoms with Gasteiger partial charge in [-0.2, -0.15) is 0 Å². The molecule has 0 unspecified atom stereocenters. The van der Waals surface area contributed by atoms with Crippen molar-refractivity contribution in [1.82, 2.24) is 5.32 Å². The maximum atomic E-state index is 11.5. The van der Waals surface area contributed by atoms with Crippen LogP contribution in [0.3, 0.4) is 0 Å². The summed E-state index contributed by atoms with van der Waals surface area (Å²) < 4.78 is 0. The van der Waals surface area contributed by atoms with Gasteiger partial charge in [0, 0.05) is 25.3 Å². The molecule has 0 aliphatic carbocycles. The molecule has 3 heteroatoms. The van der Waals surface area contributed by atoms with Crippen LogP contribution in [0.1, 0.15) is 31.4 Å². The fourth-order valence-electron chi connectivity index (χ4n) is 2.76. The van der Waals surface area contributed by atoms with E-state index < -0.39 is 5.60 Å². The van der Waals surface area contributed by atoms with Crippen molar-refractivity contribution < 1.29 is 9.90 Å². The number of amides is 1. The summed E-state index contributed by atoms with van der Waals surface area (Å²) in [6.07, 6.45) is 0.968. The normalized spacial score (nSPS) is 14.7. The highest BCUT2D eigenvalue weighted by atomic mass is 16.3. The predicted octanol–water partition coefficient (Wildman–Crippen LogP) is 3.28. The molecule has 0 aliphatic rings. The molecule has 0 bridgehead atoms. The van der Waals surface area contributed by atoms with Crippen molar-refractivity contribution in [1.29, 1.82) is 0 Å². The summed E-state index contributed by atoms with van der Waals surface area (Å²) in [4.78, 5) is 11.5. The molecule has 1 amide bonds. The molecular weight excluding hydrogens is 286 g/mol. The summed E-state index contributed by atoms with van der Waals surface area (Å²) in [5, 5.41) is 14.3. The first-order chi connectivity index (χ1) is 11.1.